The minimum absolute atomic E-state index is 0.122. The smallest absolute Gasteiger partial charge is 0.407 e. The first-order valence-electron chi connectivity index (χ1n) is 6.94. The first-order valence-corrected chi connectivity index (χ1v) is 7.82. The molecule has 0 saturated carbocycles. The van der Waals surface area contributed by atoms with E-state index in [2.05, 4.69) is 22.8 Å². The molecule has 0 aliphatic rings. The average Bonchev–Trinajstić information content (AvgIpc) is 2.79. The highest BCUT2D eigenvalue weighted by molar-refractivity contribution is 7.17. The van der Waals surface area contributed by atoms with Crippen LogP contribution in [0.4, 0.5) is 4.79 Å². The summed E-state index contributed by atoms with van der Waals surface area (Å²) in [6.07, 6.45) is 0.0841. The van der Waals surface area contributed by atoms with Gasteiger partial charge in [0.05, 0.1) is 12.6 Å². The van der Waals surface area contributed by atoms with E-state index in [1.165, 1.54) is 10.1 Å². The molecular weight excluding hydrogens is 286 g/mol. The molecule has 1 heterocycles. The molecule has 5 heteroatoms. The van der Waals surface area contributed by atoms with Gasteiger partial charge in [0.15, 0.2) is 0 Å². The third kappa shape index (κ3) is 4.44. The Balaban J connectivity index is 2.04. The zero-order valence-electron chi connectivity index (χ0n) is 12.6. The molecule has 0 aliphatic carbocycles. The third-order valence-corrected chi connectivity index (χ3v) is 3.98. The van der Waals surface area contributed by atoms with Gasteiger partial charge in [-0.15, -0.1) is 11.3 Å². The standard InChI is InChI=1S/C16H21NO3S/c1-16(2,3)20-15(19)17-12(9-18)8-11-10-21-14-7-5-4-6-13(11)14/h4-7,10,12,18H,8-9H2,1-3H3,(H,17,19). The molecule has 1 amide bonds. The average molecular weight is 307 g/mol. The van der Waals surface area contributed by atoms with Crippen LogP contribution >= 0.6 is 11.3 Å². The van der Waals surface area contributed by atoms with Gasteiger partial charge in [0.25, 0.3) is 0 Å². The monoisotopic (exact) mass is 307 g/mol. The fraction of sp³-hybridized carbons (Fsp3) is 0.438. The van der Waals surface area contributed by atoms with Gasteiger partial charge in [-0.05, 0) is 49.6 Å². The molecule has 0 aliphatic heterocycles. The van der Waals surface area contributed by atoms with Crippen molar-refractivity contribution < 1.29 is 14.6 Å². The summed E-state index contributed by atoms with van der Waals surface area (Å²) in [5, 5.41) is 15.4. The van der Waals surface area contributed by atoms with Crippen molar-refractivity contribution in [3.05, 3.63) is 35.2 Å². The van der Waals surface area contributed by atoms with E-state index in [1.54, 1.807) is 11.3 Å². The number of alkyl carbamates (subject to hydrolysis) is 1. The number of hydrogen-bond acceptors (Lipinski definition) is 4. The Kier molecular flexibility index (Phi) is 4.85. The maximum Gasteiger partial charge on any atom is 0.407 e. The van der Waals surface area contributed by atoms with Crippen LogP contribution in [0.3, 0.4) is 0 Å². The van der Waals surface area contributed by atoms with E-state index in [0.29, 0.717) is 6.42 Å². The highest BCUT2D eigenvalue weighted by Gasteiger charge is 2.20. The summed E-state index contributed by atoms with van der Waals surface area (Å²) < 4.78 is 6.43. The van der Waals surface area contributed by atoms with E-state index in [9.17, 15) is 9.90 Å². The SMILES string of the molecule is CC(C)(C)OC(=O)NC(CO)Cc1csc2ccccc12. The van der Waals surface area contributed by atoms with Crippen LogP contribution in [0.25, 0.3) is 10.1 Å². The zero-order valence-corrected chi connectivity index (χ0v) is 13.4. The summed E-state index contributed by atoms with van der Waals surface area (Å²) in [6.45, 7) is 5.32. The Morgan fingerprint density at radius 3 is 2.76 bits per heavy atom. The second-order valence-electron chi connectivity index (χ2n) is 5.99. The van der Waals surface area contributed by atoms with Crippen LogP contribution in [0.5, 0.6) is 0 Å². The molecule has 4 nitrogen and oxygen atoms in total. The maximum atomic E-state index is 11.8. The number of carbonyl (C=O) groups excluding carboxylic acids is 1. The first-order chi connectivity index (χ1) is 9.89. The number of aliphatic hydroxyl groups is 1. The van der Waals surface area contributed by atoms with E-state index in [1.807, 2.05) is 32.9 Å². The lowest BCUT2D eigenvalue weighted by molar-refractivity contribution is 0.0483. The van der Waals surface area contributed by atoms with Gasteiger partial charge in [-0.1, -0.05) is 18.2 Å². The van der Waals surface area contributed by atoms with Gasteiger partial charge in [0.2, 0.25) is 0 Å². The summed E-state index contributed by atoms with van der Waals surface area (Å²) in [7, 11) is 0. The molecule has 114 valence electrons. The first kappa shape index (κ1) is 15.8. The number of hydrogen-bond donors (Lipinski definition) is 2. The molecule has 1 atom stereocenters. The number of nitrogens with one attached hydrogen (secondary N) is 1. The van der Waals surface area contributed by atoms with Gasteiger partial charge in [-0.3, -0.25) is 0 Å². The Morgan fingerprint density at radius 2 is 2.10 bits per heavy atom. The Labute approximate surface area is 128 Å². The fourth-order valence-electron chi connectivity index (χ4n) is 2.09. The van der Waals surface area contributed by atoms with Crippen LogP contribution in [0.2, 0.25) is 0 Å². The van der Waals surface area contributed by atoms with Crippen LogP contribution in [0.1, 0.15) is 26.3 Å². The topological polar surface area (TPSA) is 58.6 Å². The van der Waals surface area contributed by atoms with Crippen LogP contribution in [0.15, 0.2) is 29.6 Å². The van der Waals surface area contributed by atoms with Crippen LogP contribution in [-0.4, -0.2) is 29.4 Å². The second kappa shape index (κ2) is 6.45. The Hall–Kier alpha value is -1.59. The molecule has 0 fully saturated rings. The van der Waals surface area contributed by atoms with Gasteiger partial charge in [-0.25, -0.2) is 4.79 Å². The molecule has 2 rings (SSSR count). The lowest BCUT2D eigenvalue weighted by atomic mass is 10.1. The third-order valence-electron chi connectivity index (χ3n) is 2.97. The number of thiophene rings is 1. The molecule has 0 spiro atoms. The lowest BCUT2D eigenvalue weighted by Crippen LogP contribution is -2.42. The van der Waals surface area contributed by atoms with E-state index in [0.717, 1.165) is 5.56 Å². The van der Waals surface area contributed by atoms with E-state index < -0.39 is 11.7 Å². The minimum Gasteiger partial charge on any atom is -0.444 e. The number of carbonyl (C=O) groups is 1. The van der Waals surface area contributed by atoms with Gasteiger partial charge in [0.1, 0.15) is 5.60 Å². The second-order valence-corrected chi connectivity index (χ2v) is 6.90. The highest BCUT2D eigenvalue weighted by atomic mass is 32.1. The summed E-state index contributed by atoms with van der Waals surface area (Å²) in [4.78, 5) is 11.8. The molecule has 21 heavy (non-hydrogen) atoms. The number of aliphatic hydroxyl groups excluding tert-OH is 1. The number of fused-ring (bicyclic) bond motifs is 1. The number of ether oxygens (including phenoxy) is 1. The molecule has 1 aromatic heterocycles. The predicted octanol–water partition coefficient (Wildman–Crippen LogP) is 3.33. The van der Waals surface area contributed by atoms with Gasteiger partial charge in [0, 0.05) is 4.70 Å². The van der Waals surface area contributed by atoms with E-state index in [-0.39, 0.29) is 12.6 Å². The van der Waals surface area contributed by atoms with Crippen molar-refractivity contribution in [3.63, 3.8) is 0 Å². The Morgan fingerprint density at radius 1 is 1.38 bits per heavy atom. The summed E-state index contributed by atoms with van der Waals surface area (Å²) >= 11 is 1.67. The zero-order chi connectivity index (χ0) is 15.5. The maximum absolute atomic E-state index is 11.8. The van der Waals surface area contributed by atoms with Crippen molar-refractivity contribution in [1.29, 1.82) is 0 Å². The molecule has 0 radical (unpaired) electrons. The van der Waals surface area contributed by atoms with Crippen molar-refractivity contribution >= 4 is 27.5 Å². The minimum atomic E-state index is -0.542. The molecular formula is C16H21NO3S. The molecule has 2 N–H and O–H groups in total. The number of amides is 1. The van der Waals surface area contributed by atoms with E-state index >= 15 is 0 Å². The normalized spacial score (nSPS) is 13.1. The van der Waals surface area contributed by atoms with Crippen LogP contribution < -0.4 is 5.32 Å². The van der Waals surface area contributed by atoms with Crippen molar-refractivity contribution in [2.24, 2.45) is 0 Å². The fourth-order valence-corrected chi connectivity index (χ4v) is 3.07. The van der Waals surface area contributed by atoms with Gasteiger partial charge >= 0.3 is 6.09 Å². The molecule has 2 aromatic rings. The predicted molar refractivity (Wildman–Crippen MR) is 85.8 cm³/mol. The van der Waals surface area contributed by atoms with Crippen molar-refractivity contribution in [2.75, 3.05) is 6.61 Å². The lowest BCUT2D eigenvalue weighted by Gasteiger charge is -2.22. The van der Waals surface area contributed by atoms with Crippen LogP contribution in [0, 0.1) is 0 Å². The highest BCUT2D eigenvalue weighted by Crippen LogP contribution is 2.26. The van der Waals surface area contributed by atoms with E-state index in [4.69, 9.17) is 4.74 Å². The van der Waals surface area contributed by atoms with Crippen molar-refractivity contribution in [2.45, 2.75) is 38.8 Å². The molecule has 1 aromatic carbocycles. The Bertz CT molecular complexity index is 615. The molecule has 0 bridgehead atoms. The molecule has 1 unspecified atom stereocenters. The van der Waals surface area contributed by atoms with Gasteiger partial charge in [-0.2, -0.15) is 0 Å². The summed E-state index contributed by atoms with van der Waals surface area (Å²) in [5.74, 6) is 0. The van der Waals surface area contributed by atoms with Crippen molar-refractivity contribution in [3.8, 4) is 0 Å². The summed E-state index contributed by atoms with van der Waals surface area (Å²) in [6, 6.07) is 7.78. The number of rotatable bonds is 4. The summed E-state index contributed by atoms with van der Waals surface area (Å²) in [5.41, 5.74) is 0.588. The largest absolute Gasteiger partial charge is 0.444 e. The quantitative estimate of drug-likeness (QED) is 0.911. The van der Waals surface area contributed by atoms with Crippen LogP contribution in [-0.2, 0) is 11.2 Å². The van der Waals surface area contributed by atoms with Crippen molar-refractivity contribution in [1.82, 2.24) is 5.32 Å². The number of benzene rings is 1. The van der Waals surface area contributed by atoms with Gasteiger partial charge < -0.3 is 15.2 Å². The molecule has 0 saturated heterocycles.